The van der Waals surface area contributed by atoms with Crippen LogP contribution in [0.15, 0.2) is 30.3 Å². The molecule has 2 atom stereocenters. The van der Waals surface area contributed by atoms with E-state index in [-0.39, 0.29) is 0 Å². The molecule has 1 fully saturated rings. The van der Waals surface area contributed by atoms with Crippen molar-refractivity contribution in [1.82, 2.24) is 14.7 Å². The maximum atomic E-state index is 6.10. The smallest absolute Gasteiger partial charge is 0.187 e. The highest BCUT2D eigenvalue weighted by Gasteiger charge is 2.26. The Morgan fingerprint density at radius 2 is 2.04 bits per heavy atom. The Hall–Kier alpha value is -0.780. The molecule has 7 heteroatoms. The van der Waals surface area contributed by atoms with Crippen molar-refractivity contribution in [3.05, 3.63) is 30.3 Å². The lowest BCUT2D eigenvalue weighted by Crippen LogP contribution is -2.32. The average Bonchev–Trinajstić information content (AvgIpc) is 2.64. The van der Waals surface area contributed by atoms with Crippen LogP contribution in [0.25, 0.3) is 0 Å². The second kappa shape index (κ2) is 9.50. The van der Waals surface area contributed by atoms with Gasteiger partial charge in [-0.1, -0.05) is 25.1 Å². The van der Waals surface area contributed by atoms with Gasteiger partial charge in [0.15, 0.2) is 13.6 Å². The molecule has 5 nitrogen and oxygen atoms in total. The summed E-state index contributed by atoms with van der Waals surface area (Å²) in [4.78, 5) is 0. The molecule has 1 aromatic rings. The number of benzene rings is 1. The highest BCUT2D eigenvalue weighted by Crippen LogP contribution is 2.45. The number of rotatable bonds is 5. The summed E-state index contributed by atoms with van der Waals surface area (Å²) in [6.45, 7) is 5.84. The predicted octanol–water partition coefficient (Wildman–Crippen LogP) is 3.12. The van der Waals surface area contributed by atoms with Gasteiger partial charge in [-0.3, -0.25) is 9.34 Å². The second-order valence-electron chi connectivity index (χ2n) is 5.95. The lowest BCUT2D eigenvalue weighted by molar-refractivity contribution is 0.291. The van der Waals surface area contributed by atoms with Gasteiger partial charge in [0.05, 0.1) is 6.61 Å². The van der Waals surface area contributed by atoms with Crippen LogP contribution >= 0.6 is 20.7 Å². The molecule has 0 radical (unpaired) electrons. The first-order valence-electron chi connectivity index (χ1n) is 8.01. The van der Waals surface area contributed by atoms with Gasteiger partial charge >= 0.3 is 0 Å². The van der Waals surface area contributed by atoms with E-state index in [0.717, 1.165) is 24.7 Å². The number of hydrogen-bond acceptors (Lipinski definition) is 4. The zero-order valence-electron chi connectivity index (χ0n) is 14.2. The van der Waals surface area contributed by atoms with E-state index in [1.807, 2.05) is 30.3 Å². The lowest BCUT2D eigenvalue weighted by atomic mass is 10.1. The summed E-state index contributed by atoms with van der Waals surface area (Å²) < 4.78 is 10.8. The van der Waals surface area contributed by atoms with Crippen LogP contribution in [0.1, 0.15) is 13.3 Å². The predicted molar refractivity (Wildman–Crippen MR) is 103 cm³/mol. The van der Waals surface area contributed by atoms with Crippen molar-refractivity contribution in [1.29, 1.82) is 0 Å². The van der Waals surface area contributed by atoms with Crippen molar-refractivity contribution in [3.8, 4) is 0 Å². The van der Waals surface area contributed by atoms with Crippen molar-refractivity contribution in [3.63, 3.8) is 0 Å². The molecule has 0 spiro atoms. The van der Waals surface area contributed by atoms with Gasteiger partial charge in [-0.2, -0.15) is 0 Å². The van der Waals surface area contributed by atoms with Crippen LogP contribution in [0.4, 0.5) is 5.69 Å². The minimum atomic E-state index is -0.663. The van der Waals surface area contributed by atoms with Gasteiger partial charge in [-0.15, -0.1) is 0 Å². The van der Waals surface area contributed by atoms with Crippen LogP contribution < -0.4 is 10.6 Å². The van der Waals surface area contributed by atoms with Crippen molar-refractivity contribution in [2.75, 3.05) is 45.7 Å². The van der Waals surface area contributed by atoms with E-state index in [1.165, 1.54) is 6.42 Å². The molecular weight excluding hydrogens is 327 g/mol. The molecule has 2 unspecified atom stereocenters. The van der Waals surface area contributed by atoms with Crippen molar-refractivity contribution >= 4 is 31.5 Å². The van der Waals surface area contributed by atoms with Gasteiger partial charge in [0, 0.05) is 25.3 Å². The molecule has 2 N–H and O–H groups in total. The summed E-state index contributed by atoms with van der Waals surface area (Å²) in [6.07, 6.45) is 1.23. The molecule has 2 rings (SSSR count). The molecule has 23 heavy (non-hydrogen) atoms. The van der Waals surface area contributed by atoms with E-state index in [1.54, 1.807) is 0 Å². The van der Waals surface area contributed by atoms with Gasteiger partial charge in [-0.05, 0) is 50.8 Å². The maximum absolute atomic E-state index is 6.10. The summed E-state index contributed by atoms with van der Waals surface area (Å²) in [5, 5.41) is 6.98. The van der Waals surface area contributed by atoms with Crippen LogP contribution in [-0.4, -0.2) is 54.8 Å². The van der Waals surface area contributed by atoms with E-state index in [0.29, 0.717) is 18.3 Å². The molecule has 128 valence electrons. The van der Waals surface area contributed by atoms with Gasteiger partial charge in [0.2, 0.25) is 0 Å². The number of nitrogens with zero attached hydrogens (tertiary/aromatic N) is 2. The summed E-state index contributed by atoms with van der Waals surface area (Å²) in [5.41, 5.74) is 0.993. The Balaban J connectivity index is 1.69. The van der Waals surface area contributed by atoms with Crippen LogP contribution in [0, 0.1) is 5.92 Å². The Labute approximate surface area is 146 Å². The van der Waals surface area contributed by atoms with Crippen molar-refractivity contribution in [2.24, 2.45) is 5.92 Å². The minimum Gasteiger partial charge on any atom is -0.360 e. The molecule has 0 aliphatic carbocycles. The quantitative estimate of drug-likeness (QED) is 0.481. The number of thiocarbonyl (C=S) groups is 1. The molecule has 1 aromatic carbocycles. The van der Waals surface area contributed by atoms with Gasteiger partial charge in [0.1, 0.15) is 0 Å². The Bertz CT molecular complexity index is 490. The van der Waals surface area contributed by atoms with Crippen LogP contribution in [0.5, 0.6) is 0 Å². The van der Waals surface area contributed by atoms with E-state index in [4.69, 9.17) is 16.7 Å². The summed E-state index contributed by atoms with van der Waals surface area (Å²) in [5.74, 6) is 0.722. The Morgan fingerprint density at radius 1 is 1.30 bits per heavy atom. The first-order chi connectivity index (χ1) is 11.1. The third kappa shape index (κ3) is 6.32. The lowest BCUT2D eigenvalue weighted by Gasteiger charge is -2.31. The monoisotopic (exact) mass is 354 g/mol. The highest BCUT2D eigenvalue weighted by atomic mass is 32.1. The molecule has 1 aliphatic rings. The summed E-state index contributed by atoms with van der Waals surface area (Å²) in [6, 6.07) is 9.93. The topological polar surface area (TPSA) is 39.8 Å². The molecule has 0 amide bonds. The normalized spacial score (nSPS) is 23.3. The minimum absolute atomic E-state index is 0.628. The molecule has 0 aromatic heterocycles. The van der Waals surface area contributed by atoms with Gasteiger partial charge in [-0.25, -0.2) is 0 Å². The molecule has 0 bridgehead atoms. The van der Waals surface area contributed by atoms with Crippen molar-refractivity contribution in [2.45, 2.75) is 13.3 Å². The van der Waals surface area contributed by atoms with Crippen molar-refractivity contribution < 1.29 is 4.52 Å². The van der Waals surface area contributed by atoms with E-state index >= 15 is 0 Å². The zero-order valence-corrected chi connectivity index (χ0v) is 15.9. The SMILES string of the molecule is CC1CCN(C)P(OCCNC(=S)Nc2ccccc2)N(C)C1. The standard InChI is InChI=1S/C16H27N4OPS/c1-14-9-11-19(2)22(20(3)13-14)21-12-10-17-16(23)18-15-7-5-4-6-8-15/h4-8,14H,9-13H2,1-3H3,(H2,17,18,23). The van der Waals surface area contributed by atoms with Crippen LogP contribution in [-0.2, 0) is 4.52 Å². The molecule has 1 heterocycles. The fourth-order valence-corrected chi connectivity index (χ4v) is 4.65. The summed E-state index contributed by atoms with van der Waals surface area (Å²) in [7, 11) is 3.64. The Morgan fingerprint density at radius 3 is 2.78 bits per heavy atom. The summed E-state index contributed by atoms with van der Waals surface area (Å²) >= 11 is 5.30. The van der Waals surface area contributed by atoms with Crippen LogP contribution in [0.2, 0.25) is 0 Å². The number of nitrogens with one attached hydrogen (secondary N) is 2. The molecule has 1 saturated heterocycles. The van der Waals surface area contributed by atoms with E-state index in [9.17, 15) is 0 Å². The fraction of sp³-hybridized carbons (Fsp3) is 0.562. The van der Waals surface area contributed by atoms with Gasteiger partial charge in [0.25, 0.3) is 0 Å². The third-order valence-corrected chi connectivity index (χ3v) is 5.92. The van der Waals surface area contributed by atoms with Gasteiger partial charge < -0.3 is 15.2 Å². The highest BCUT2D eigenvalue weighted by molar-refractivity contribution is 7.80. The number of anilines is 1. The Kier molecular flexibility index (Phi) is 7.66. The number of para-hydroxylation sites is 1. The first-order valence-corrected chi connectivity index (χ1v) is 9.58. The largest absolute Gasteiger partial charge is 0.360 e. The van der Waals surface area contributed by atoms with E-state index < -0.39 is 8.45 Å². The number of hydrogen-bond donors (Lipinski definition) is 2. The van der Waals surface area contributed by atoms with E-state index in [2.05, 4.69) is 41.0 Å². The molecular formula is C16H27N4OPS. The molecule has 1 aliphatic heterocycles. The second-order valence-corrected chi connectivity index (χ2v) is 8.49. The zero-order chi connectivity index (χ0) is 16.7. The maximum Gasteiger partial charge on any atom is 0.187 e. The average molecular weight is 354 g/mol. The first kappa shape index (κ1) is 18.6. The fourth-order valence-electron chi connectivity index (χ4n) is 2.55. The third-order valence-electron chi connectivity index (χ3n) is 3.73. The van der Waals surface area contributed by atoms with Crippen LogP contribution in [0.3, 0.4) is 0 Å². The molecule has 0 saturated carbocycles.